The average Bonchev–Trinajstić information content (AvgIpc) is 3.06. The molecule has 0 aromatic heterocycles. The highest BCUT2D eigenvalue weighted by Crippen LogP contribution is 2.50. The van der Waals surface area contributed by atoms with Crippen LogP contribution in [0.5, 0.6) is 0 Å². The molecule has 1 aliphatic carbocycles. The monoisotopic (exact) mass is 374 g/mol. The molecule has 0 bridgehead atoms. The molecule has 7 heteroatoms. The van der Waals surface area contributed by atoms with Gasteiger partial charge in [0, 0.05) is 24.1 Å². The number of carboxylic acid groups (broad SMARTS) is 1. The number of fused-ring (bicyclic) bond motifs is 2. The molecule has 146 valence electrons. The Morgan fingerprint density at radius 3 is 2.67 bits per heavy atom. The summed E-state index contributed by atoms with van der Waals surface area (Å²) in [6, 6.07) is 7.57. The minimum atomic E-state index is -1.88. The molecule has 1 aromatic rings. The molecule has 1 saturated carbocycles. The van der Waals surface area contributed by atoms with E-state index in [1.807, 2.05) is 24.3 Å². The van der Waals surface area contributed by atoms with Crippen molar-refractivity contribution in [1.82, 2.24) is 0 Å². The number of anilines is 1. The molecular formula is C20H26N2O5. The maximum Gasteiger partial charge on any atom is 0.374 e. The van der Waals surface area contributed by atoms with E-state index in [9.17, 15) is 19.5 Å². The number of hydrogen-bond donors (Lipinski definition) is 3. The van der Waals surface area contributed by atoms with Crippen molar-refractivity contribution in [3.63, 3.8) is 0 Å². The zero-order valence-corrected chi connectivity index (χ0v) is 15.6. The van der Waals surface area contributed by atoms with Crippen molar-refractivity contribution >= 4 is 23.4 Å². The van der Waals surface area contributed by atoms with Crippen LogP contribution in [0.3, 0.4) is 0 Å². The molecule has 1 fully saturated rings. The number of rotatable bonds is 6. The molecule has 4 N–H and O–H groups in total. The number of aliphatic carboxylic acids is 1. The standard InChI is InChI=1S/C20H26N2O5/c1-11(2)27-18(24)16(23)10-20(21,19(25)26)17-12-6-3-4-8-14(12)22-15-9-5-7-13(15)17/h3-4,6,8,11,13,15,17,22H,5,7,9-10,21H2,1-2H3,(H,25,26)/t13-,15+,17?,20?/m0/s1. The van der Waals surface area contributed by atoms with Crippen molar-refractivity contribution in [2.75, 3.05) is 5.32 Å². The summed E-state index contributed by atoms with van der Waals surface area (Å²) in [4.78, 5) is 36.6. The van der Waals surface area contributed by atoms with Crippen LogP contribution in [0.15, 0.2) is 24.3 Å². The fraction of sp³-hybridized carbons (Fsp3) is 0.550. The number of esters is 1. The summed E-state index contributed by atoms with van der Waals surface area (Å²) in [6.07, 6.45) is 1.67. The van der Waals surface area contributed by atoms with Crippen LogP contribution in [0.4, 0.5) is 5.69 Å². The lowest BCUT2D eigenvalue weighted by Crippen LogP contribution is -2.59. The molecule has 4 atom stereocenters. The molecule has 1 aromatic carbocycles. The van der Waals surface area contributed by atoms with E-state index in [0.29, 0.717) is 0 Å². The van der Waals surface area contributed by atoms with Crippen LogP contribution < -0.4 is 11.1 Å². The molecule has 0 amide bonds. The number of ketones is 1. The van der Waals surface area contributed by atoms with Gasteiger partial charge in [-0.15, -0.1) is 0 Å². The normalized spacial score (nSPS) is 25.7. The van der Waals surface area contributed by atoms with Crippen molar-refractivity contribution in [2.45, 2.75) is 63.1 Å². The molecule has 0 saturated heterocycles. The van der Waals surface area contributed by atoms with Crippen molar-refractivity contribution in [3.8, 4) is 0 Å². The van der Waals surface area contributed by atoms with Gasteiger partial charge in [0.15, 0.2) is 0 Å². The molecule has 27 heavy (non-hydrogen) atoms. The van der Waals surface area contributed by atoms with Gasteiger partial charge in [-0.25, -0.2) is 4.79 Å². The number of nitrogens with two attached hydrogens (primary N) is 1. The molecule has 1 heterocycles. The number of ether oxygens (including phenoxy) is 1. The third-order valence-corrected chi connectivity index (χ3v) is 5.61. The topological polar surface area (TPSA) is 119 Å². The van der Waals surface area contributed by atoms with Gasteiger partial charge in [0.25, 0.3) is 0 Å². The number of benzene rings is 1. The van der Waals surface area contributed by atoms with E-state index in [2.05, 4.69) is 5.32 Å². The molecule has 3 rings (SSSR count). The molecule has 7 nitrogen and oxygen atoms in total. The van der Waals surface area contributed by atoms with E-state index < -0.39 is 41.7 Å². The number of para-hydroxylation sites is 1. The van der Waals surface area contributed by atoms with Crippen molar-refractivity contribution in [1.29, 1.82) is 0 Å². The number of carbonyl (C=O) groups is 3. The van der Waals surface area contributed by atoms with Crippen molar-refractivity contribution in [2.24, 2.45) is 11.7 Å². The van der Waals surface area contributed by atoms with E-state index in [0.717, 1.165) is 30.5 Å². The van der Waals surface area contributed by atoms with Crippen LogP contribution in [-0.4, -0.2) is 40.5 Å². The van der Waals surface area contributed by atoms with Crippen LogP contribution >= 0.6 is 0 Å². The Labute approximate surface area is 158 Å². The Morgan fingerprint density at radius 1 is 1.30 bits per heavy atom. The lowest BCUT2D eigenvalue weighted by atomic mass is 9.66. The zero-order valence-electron chi connectivity index (χ0n) is 15.6. The van der Waals surface area contributed by atoms with Crippen LogP contribution in [0.1, 0.15) is 51.0 Å². The van der Waals surface area contributed by atoms with Gasteiger partial charge in [-0.2, -0.15) is 0 Å². The number of hydrogen-bond acceptors (Lipinski definition) is 6. The van der Waals surface area contributed by atoms with E-state index in [1.54, 1.807) is 13.8 Å². The molecule has 2 unspecified atom stereocenters. The Bertz CT molecular complexity index is 762. The predicted molar refractivity (Wildman–Crippen MR) is 99.3 cm³/mol. The largest absolute Gasteiger partial charge is 0.480 e. The van der Waals surface area contributed by atoms with Gasteiger partial charge in [-0.3, -0.25) is 9.59 Å². The highest BCUT2D eigenvalue weighted by Gasteiger charge is 2.54. The molecule has 0 spiro atoms. The van der Waals surface area contributed by atoms with Gasteiger partial charge in [-0.1, -0.05) is 24.6 Å². The summed E-state index contributed by atoms with van der Waals surface area (Å²) in [5.74, 6) is -3.78. The van der Waals surface area contributed by atoms with Crippen LogP contribution in [0.2, 0.25) is 0 Å². The first-order valence-corrected chi connectivity index (χ1v) is 9.35. The smallest absolute Gasteiger partial charge is 0.374 e. The third kappa shape index (κ3) is 3.56. The van der Waals surface area contributed by atoms with Gasteiger partial charge in [0.05, 0.1) is 6.10 Å². The van der Waals surface area contributed by atoms with Gasteiger partial charge in [-0.05, 0) is 44.2 Å². The Morgan fingerprint density at radius 2 is 2.00 bits per heavy atom. The van der Waals surface area contributed by atoms with Gasteiger partial charge in [0.1, 0.15) is 5.54 Å². The van der Waals surface area contributed by atoms with E-state index in [4.69, 9.17) is 10.5 Å². The minimum Gasteiger partial charge on any atom is -0.480 e. The number of Topliss-reactive ketones (excluding diaryl/α,β-unsaturated/α-hetero) is 1. The Balaban J connectivity index is 1.99. The second kappa shape index (κ2) is 7.31. The Kier molecular flexibility index (Phi) is 5.24. The minimum absolute atomic E-state index is 0.00470. The molecule has 1 aliphatic heterocycles. The van der Waals surface area contributed by atoms with Crippen molar-refractivity contribution < 1.29 is 24.2 Å². The van der Waals surface area contributed by atoms with Gasteiger partial charge >= 0.3 is 11.9 Å². The number of carbonyl (C=O) groups excluding carboxylic acids is 2. The average molecular weight is 374 g/mol. The molecule has 0 radical (unpaired) electrons. The first-order chi connectivity index (χ1) is 12.7. The van der Waals surface area contributed by atoms with E-state index >= 15 is 0 Å². The fourth-order valence-corrected chi connectivity index (χ4v) is 4.49. The quantitative estimate of drug-likeness (QED) is 0.515. The van der Waals surface area contributed by atoms with Crippen LogP contribution in [-0.2, 0) is 19.1 Å². The summed E-state index contributed by atoms with van der Waals surface area (Å²) in [5.41, 5.74) is 6.16. The highest BCUT2D eigenvalue weighted by molar-refractivity contribution is 6.34. The second-order valence-electron chi connectivity index (χ2n) is 7.81. The third-order valence-electron chi connectivity index (χ3n) is 5.61. The number of nitrogens with one attached hydrogen (secondary N) is 1. The number of carboxylic acids is 1. The lowest BCUT2D eigenvalue weighted by Gasteiger charge is -2.44. The maximum absolute atomic E-state index is 12.4. The fourth-order valence-electron chi connectivity index (χ4n) is 4.49. The summed E-state index contributed by atoms with van der Waals surface area (Å²) in [6.45, 7) is 3.26. The summed E-state index contributed by atoms with van der Waals surface area (Å²) in [5, 5.41) is 13.5. The first-order valence-electron chi connectivity index (χ1n) is 9.35. The lowest BCUT2D eigenvalue weighted by molar-refractivity contribution is -0.159. The Hall–Kier alpha value is -2.41. The van der Waals surface area contributed by atoms with Crippen LogP contribution in [0, 0.1) is 5.92 Å². The molecular weight excluding hydrogens is 348 g/mol. The van der Waals surface area contributed by atoms with E-state index in [-0.39, 0.29) is 12.0 Å². The summed E-state index contributed by atoms with van der Waals surface area (Å²) < 4.78 is 4.93. The second-order valence-corrected chi connectivity index (χ2v) is 7.81. The van der Waals surface area contributed by atoms with Gasteiger partial charge in [0.2, 0.25) is 5.78 Å². The van der Waals surface area contributed by atoms with Gasteiger partial charge < -0.3 is 20.9 Å². The van der Waals surface area contributed by atoms with Crippen molar-refractivity contribution in [3.05, 3.63) is 29.8 Å². The summed E-state index contributed by atoms with van der Waals surface area (Å²) >= 11 is 0. The first kappa shape index (κ1) is 19.4. The highest BCUT2D eigenvalue weighted by atomic mass is 16.5. The zero-order chi connectivity index (χ0) is 19.8. The molecule has 2 aliphatic rings. The van der Waals surface area contributed by atoms with Crippen LogP contribution in [0.25, 0.3) is 0 Å². The SMILES string of the molecule is CC(C)OC(=O)C(=O)CC(N)(C(=O)O)C1c2ccccc2N[C@@H]2CCC[C@H]12. The maximum atomic E-state index is 12.4. The predicted octanol–water partition coefficient (Wildman–Crippen LogP) is 2.06. The van der Waals surface area contributed by atoms with E-state index in [1.165, 1.54) is 0 Å². The summed E-state index contributed by atoms with van der Waals surface area (Å²) in [7, 11) is 0.